The lowest BCUT2D eigenvalue weighted by atomic mass is 10.0. The van der Waals surface area contributed by atoms with Crippen molar-refractivity contribution in [3.63, 3.8) is 0 Å². The highest BCUT2D eigenvalue weighted by atomic mass is 19.4. The fourth-order valence-corrected chi connectivity index (χ4v) is 4.21. The second-order valence-corrected chi connectivity index (χ2v) is 9.23. The molecule has 0 aliphatic carbocycles. The number of alkyl halides is 3. The van der Waals surface area contributed by atoms with Crippen molar-refractivity contribution in [1.82, 2.24) is 24.5 Å². The molecule has 12 heteroatoms. The van der Waals surface area contributed by atoms with E-state index in [9.17, 15) is 22.4 Å². The highest BCUT2D eigenvalue weighted by molar-refractivity contribution is 5.96. The minimum Gasteiger partial charge on any atom is -0.324 e. The summed E-state index contributed by atoms with van der Waals surface area (Å²) in [5.74, 6) is -2.98. The van der Waals surface area contributed by atoms with Crippen LogP contribution in [0.25, 0.3) is 28.0 Å². The van der Waals surface area contributed by atoms with Crippen LogP contribution in [-0.4, -0.2) is 50.7 Å². The third-order valence-corrected chi connectivity index (χ3v) is 5.88. The number of nitrogens with zero attached hydrogens (tertiary/aromatic N) is 5. The van der Waals surface area contributed by atoms with Crippen molar-refractivity contribution in [2.75, 3.05) is 24.7 Å². The van der Waals surface area contributed by atoms with Crippen molar-refractivity contribution in [3.8, 4) is 22.5 Å². The summed E-state index contributed by atoms with van der Waals surface area (Å²) in [6, 6.07) is 18.3. The number of fused-ring (bicyclic) bond motifs is 1. The van der Waals surface area contributed by atoms with Crippen LogP contribution in [0.15, 0.2) is 79.1 Å². The average molecular weight is 550 g/mol. The molecule has 0 atom stereocenters. The van der Waals surface area contributed by atoms with E-state index in [1.165, 1.54) is 6.07 Å². The molecule has 0 fully saturated rings. The number of amides is 1. The van der Waals surface area contributed by atoms with Crippen molar-refractivity contribution >= 4 is 28.7 Å². The molecule has 3 aromatic heterocycles. The van der Waals surface area contributed by atoms with Gasteiger partial charge in [0.05, 0.1) is 22.5 Å². The van der Waals surface area contributed by atoms with E-state index in [0.717, 1.165) is 29.9 Å². The molecule has 204 valence electrons. The Hall–Kier alpha value is -4.84. The molecule has 2 aromatic carbocycles. The zero-order valence-corrected chi connectivity index (χ0v) is 21.4. The largest absolute Gasteiger partial charge is 0.471 e. The number of nitrogens with one attached hydrogen (secondary N) is 2. The number of hydrogen-bond donors (Lipinski definition) is 2. The highest BCUT2D eigenvalue weighted by Gasteiger charge is 2.39. The van der Waals surface area contributed by atoms with E-state index in [4.69, 9.17) is 0 Å². The number of pyridine rings is 1. The average Bonchev–Trinajstić information content (AvgIpc) is 3.29. The van der Waals surface area contributed by atoms with E-state index in [2.05, 4.69) is 25.3 Å². The van der Waals surface area contributed by atoms with Crippen molar-refractivity contribution in [1.29, 1.82) is 0 Å². The van der Waals surface area contributed by atoms with E-state index >= 15 is 0 Å². The predicted molar refractivity (Wildman–Crippen MR) is 143 cm³/mol. The van der Waals surface area contributed by atoms with Gasteiger partial charge in [0.2, 0.25) is 5.95 Å². The van der Waals surface area contributed by atoms with Gasteiger partial charge in [-0.05, 0) is 68.2 Å². The lowest BCUT2D eigenvalue weighted by Crippen LogP contribution is -2.30. The van der Waals surface area contributed by atoms with Gasteiger partial charge in [-0.15, -0.1) is 0 Å². The van der Waals surface area contributed by atoms with Gasteiger partial charge in [-0.25, -0.2) is 18.9 Å². The van der Waals surface area contributed by atoms with E-state index in [1.807, 2.05) is 44.4 Å². The first-order valence-corrected chi connectivity index (χ1v) is 12.1. The quantitative estimate of drug-likeness (QED) is 0.246. The van der Waals surface area contributed by atoms with Crippen LogP contribution in [0, 0.1) is 5.82 Å². The third kappa shape index (κ3) is 5.76. The van der Waals surface area contributed by atoms with Crippen LogP contribution in [0.2, 0.25) is 0 Å². The molecule has 0 spiro atoms. The standard InChI is InChI=1S/C28H23F4N7O/c1-38(2)16-17-6-5-7-19(14-17)34-27-33-12-11-21(36-27)24-23-8-3-4-13-39(23)37-25(24)18-9-10-20(29)22(15-18)35-26(40)28(30,31)32/h3-15H,16H2,1-2H3,(H,35,40)(H,33,34,36). The number of carbonyl (C=O) groups is 1. The van der Waals surface area contributed by atoms with Gasteiger partial charge in [-0.1, -0.05) is 18.2 Å². The summed E-state index contributed by atoms with van der Waals surface area (Å²) in [4.78, 5) is 22.5. The van der Waals surface area contributed by atoms with Crippen LogP contribution < -0.4 is 10.6 Å². The van der Waals surface area contributed by atoms with Gasteiger partial charge in [0, 0.05) is 30.2 Å². The molecule has 5 rings (SSSR count). The molecule has 8 nitrogen and oxygen atoms in total. The first-order valence-electron chi connectivity index (χ1n) is 12.1. The summed E-state index contributed by atoms with van der Waals surface area (Å²) in [7, 11) is 3.96. The second kappa shape index (κ2) is 10.7. The van der Waals surface area contributed by atoms with Crippen molar-refractivity contribution < 1.29 is 22.4 Å². The molecule has 1 amide bonds. The van der Waals surface area contributed by atoms with Gasteiger partial charge in [0.25, 0.3) is 0 Å². The minimum atomic E-state index is -5.17. The molecule has 0 aliphatic rings. The lowest BCUT2D eigenvalue weighted by molar-refractivity contribution is -0.167. The minimum absolute atomic E-state index is 0.280. The number of carbonyl (C=O) groups excluding carboxylic acids is 1. The molecule has 5 aromatic rings. The fraction of sp³-hybridized carbons (Fsp3) is 0.143. The number of anilines is 3. The third-order valence-electron chi connectivity index (χ3n) is 5.88. The van der Waals surface area contributed by atoms with Gasteiger partial charge in [-0.2, -0.15) is 18.3 Å². The summed E-state index contributed by atoms with van der Waals surface area (Å²) in [6.07, 6.45) is -1.90. The molecule has 0 radical (unpaired) electrons. The van der Waals surface area contributed by atoms with Crippen molar-refractivity contribution in [2.24, 2.45) is 0 Å². The SMILES string of the molecule is CN(C)Cc1cccc(Nc2nccc(-c3c(-c4ccc(F)c(NC(=O)C(F)(F)F)c4)nn4ccccc34)n2)c1. The van der Waals surface area contributed by atoms with E-state index in [1.54, 1.807) is 40.4 Å². The Bertz CT molecular complexity index is 1700. The Morgan fingerprint density at radius 2 is 1.85 bits per heavy atom. The molecule has 3 heterocycles. The molecular weight excluding hydrogens is 526 g/mol. The summed E-state index contributed by atoms with van der Waals surface area (Å²) in [5.41, 5.74) is 3.55. The highest BCUT2D eigenvalue weighted by Crippen LogP contribution is 2.36. The van der Waals surface area contributed by atoms with E-state index in [0.29, 0.717) is 28.4 Å². The lowest BCUT2D eigenvalue weighted by Gasteiger charge is -2.12. The van der Waals surface area contributed by atoms with Gasteiger partial charge in [-0.3, -0.25) is 4.79 Å². The second-order valence-electron chi connectivity index (χ2n) is 9.23. The number of rotatable bonds is 7. The van der Waals surface area contributed by atoms with Crippen molar-refractivity contribution in [3.05, 3.63) is 90.5 Å². The maximum Gasteiger partial charge on any atom is 0.471 e. The normalized spacial score (nSPS) is 11.7. The molecule has 40 heavy (non-hydrogen) atoms. The Morgan fingerprint density at radius 3 is 2.62 bits per heavy atom. The van der Waals surface area contributed by atoms with Crippen LogP contribution in [-0.2, 0) is 11.3 Å². The summed E-state index contributed by atoms with van der Waals surface area (Å²) >= 11 is 0. The summed E-state index contributed by atoms with van der Waals surface area (Å²) in [6.45, 7) is 0.755. The van der Waals surface area contributed by atoms with E-state index < -0.39 is 23.6 Å². The van der Waals surface area contributed by atoms with E-state index in [-0.39, 0.29) is 5.56 Å². The van der Waals surface area contributed by atoms with Crippen LogP contribution in [0.4, 0.5) is 34.9 Å². The Balaban J connectivity index is 1.56. The van der Waals surface area contributed by atoms with Gasteiger partial charge < -0.3 is 15.5 Å². The number of benzene rings is 2. The van der Waals surface area contributed by atoms with Crippen LogP contribution >= 0.6 is 0 Å². The molecular formula is C28H23F4N7O. The Morgan fingerprint density at radius 1 is 1.02 bits per heavy atom. The maximum atomic E-state index is 14.4. The Labute approximate surface area is 226 Å². The smallest absolute Gasteiger partial charge is 0.324 e. The fourth-order valence-electron chi connectivity index (χ4n) is 4.21. The Kier molecular flexibility index (Phi) is 7.18. The topological polar surface area (TPSA) is 87.5 Å². The first-order chi connectivity index (χ1) is 19.1. The monoisotopic (exact) mass is 549 g/mol. The summed E-state index contributed by atoms with van der Waals surface area (Å²) in [5, 5.41) is 9.39. The van der Waals surface area contributed by atoms with Crippen molar-refractivity contribution in [2.45, 2.75) is 12.7 Å². The summed E-state index contributed by atoms with van der Waals surface area (Å²) < 4.78 is 54.4. The number of halogens is 4. The van der Waals surface area contributed by atoms with Crippen LogP contribution in [0.5, 0.6) is 0 Å². The molecule has 0 unspecified atom stereocenters. The van der Waals surface area contributed by atoms with Gasteiger partial charge >= 0.3 is 12.1 Å². The molecule has 2 N–H and O–H groups in total. The predicted octanol–water partition coefficient (Wildman–Crippen LogP) is 5.90. The molecule has 0 aliphatic heterocycles. The zero-order chi connectivity index (χ0) is 28.4. The maximum absolute atomic E-state index is 14.4. The first kappa shape index (κ1) is 26.8. The molecule has 0 bridgehead atoms. The number of aromatic nitrogens is 4. The van der Waals surface area contributed by atoms with Gasteiger partial charge in [0.1, 0.15) is 11.5 Å². The van der Waals surface area contributed by atoms with Gasteiger partial charge in [0.15, 0.2) is 0 Å². The van der Waals surface area contributed by atoms with Crippen LogP contribution in [0.3, 0.4) is 0 Å². The molecule has 0 saturated heterocycles. The van der Waals surface area contributed by atoms with Crippen LogP contribution in [0.1, 0.15) is 5.56 Å². The zero-order valence-electron chi connectivity index (χ0n) is 21.4. The number of hydrogen-bond acceptors (Lipinski definition) is 6. The molecule has 0 saturated carbocycles.